The lowest BCUT2D eigenvalue weighted by Gasteiger charge is -2.19. The fourth-order valence-electron chi connectivity index (χ4n) is 1.62. The maximum atomic E-state index is 6.20. The molecule has 4 nitrogen and oxygen atoms in total. The van der Waals surface area contributed by atoms with Crippen molar-refractivity contribution in [2.45, 2.75) is 20.8 Å². The predicted molar refractivity (Wildman–Crippen MR) is 74.5 cm³/mol. The summed E-state index contributed by atoms with van der Waals surface area (Å²) in [6.07, 6.45) is 0. The van der Waals surface area contributed by atoms with Crippen molar-refractivity contribution in [3.05, 3.63) is 11.1 Å². The molecule has 0 saturated carbocycles. The van der Waals surface area contributed by atoms with E-state index < -0.39 is 0 Å². The average molecular weight is 274 g/mol. The molecule has 0 aromatic heterocycles. The van der Waals surface area contributed by atoms with Crippen molar-refractivity contribution in [3.8, 4) is 17.2 Å². The van der Waals surface area contributed by atoms with Gasteiger partial charge in [-0.3, -0.25) is 0 Å². The number of nitrogens with one attached hydrogen (secondary N) is 1. The lowest BCUT2D eigenvalue weighted by Crippen LogP contribution is -2.05. The monoisotopic (exact) mass is 273 g/mol. The summed E-state index contributed by atoms with van der Waals surface area (Å²) in [7, 11) is 1.81. The SMILES string of the molecule is CCOc1c(Cl)cc(NC)c(OCC)c1OCC. The zero-order chi connectivity index (χ0) is 13.5. The van der Waals surface area contributed by atoms with Crippen molar-refractivity contribution in [2.75, 3.05) is 32.2 Å². The van der Waals surface area contributed by atoms with Gasteiger partial charge >= 0.3 is 0 Å². The summed E-state index contributed by atoms with van der Waals surface area (Å²) in [6.45, 7) is 7.31. The van der Waals surface area contributed by atoms with Crippen molar-refractivity contribution >= 4 is 17.3 Å². The number of hydrogen-bond donors (Lipinski definition) is 1. The van der Waals surface area contributed by atoms with E-state index in [2.05, 4.69) is 5.32 Å². The van der Waals surface area contributed by atoms with Crippen LogP contribution in [0.3, 0.4) is 0 Å². The van der Waals surface area contributed by atoms with Gasteiger partial charge in [0.1, 0.15) is 0 Å². The van der Waals surface area contributed by atoms with Gasteiger partial charge in [-0.25, -0.2) is 0 Å². The molecule has 1 N–H and O–H groups in total. The standard InChI is InChI=1S/C13H20ClNO3/c1-5-16-11-9(14)8-10(15-4)12(17-6-2)13(11)18-7-3/h8,15H,5-7H2,1-4H3. The van der Waals surface area contributed by atoms with Crippen LogP contribution < -0.4 is 19.5 Å². The van der Waals surface area contributed by atoms with Crippen molar-refractivity contribution in [2.24, 2.45) is 0 Å². The molecule has 102 valence electrons. The summed E-state index contributed by atoms with van der Waals surface area (Å²) in [6, 6.07) is 1.78. The van der Waals surface area contributed by atoms with Crippen LogP contribution in [0.4, 0.5) is 5.69 Å². The molecule has 0 heterocycles. The van der Waals surface area contributed by atoms with Crippen LogP contribution in [0, 0.1) is 0 Å². The average Bonchev–Trinajstić information content (AvgIpc) is 2.36. The Hall–Kier alpha value is -1.29. The van der Waals surface area contributed by atoms with Crippen LogP contribution in [0.25, 0.3) is 0 Å². The van der Waals surface area contributed by atoms with Crippen molar-refractivity contribution in [3.63, 3.8) is 0 Å². The van der Waals surface area contributed by atoms with Crippen molar-refractivity contribution in [1.82, 2.24) is 0 Å². The highest BCUT2D eigenvalue weighted by Gasteiger charge is 2.20. The normalized spacial score (nSPS) is 10.1. The maximum Gasteiger partial charge on any atom is 0.207 e. The number of anilines is 1. The number of ether oxygens (including phenoxy) is 3. The van der Waals surface area contributed by atoms with Crippen LogP contribution in [-0.4, -0.2) is 26.9 Å². The Morgan fingerprint density at radius 2 is 1.44 bits per heavy atom. The quantitative estimate of drug-likeness (QED) is 0.824. The second kappa shape index (κ2) is 7.21. The highest BCUT2D eigenvalue weighted by molar-refractivity contribution is 6.32. The molecule has 5 heteroatoms. The first-order chi connectivity index (χ1) is 8.69. The Labute approximate surface area is 113 Å². The van der Waals surface area contributed by atoms with E-state index in [1.54, 1.807) is 6.07 Å². The molecule has 0 fully saturated rings. The summed E-state index contributed by atoms with van der Waals surface area (Å²) in [5.41, 5.74) is 0.786. The molecule has 0 aliphatic heterocycles. The fraction of sp³-hybridized carbons (Fsp3) is 0.538. The Bertz CT molecular complexity index is 396. The zero-order valence-electron chi connectivity index (χ0n) is 11.3. The Balaban J connectivity index is 3.36. The molecule has 0 unspecified atom stereocenters. The highest BCUT2D eigenvalue weighted by Crippen LogP contribution is 2.47. The van der Waals surface area contributed by atoms with Gasteiger partial charge in [0.05, 0.1) is 30.5 Å². The third-order valence-electron chi connectivity index (χ3n) is 2.28. The van der Waals surface area contributed by atoms with Crippen LogP contribution in [0.2, 0.25) is 5.02 Å². The van der Waals surface area contributed by atoms with E-state index in [0.717, 1.165) is 5.69 Å². The van der Waals surface area contributed by atoms with Crippen molar-refractivity contribution in [1.29, 1.82) is 0 Å². The van der Waals surface area contributed by atoms with E-state index in [9.17, 15) is 0 Å². The second-order valence-corrected chi connectivity index (χ2v) is 3.85. The van der Waals surface area contributed by atoms with Crippen LogP contribution in [0.1, 0.15) is 20.8 Å². The molecule has 0 bridgehead atoms. The minimum Gasteiger partial charge on any atom is -0.488 e. The van der Waals surface area contributed by atoms with Crippen LogP contribution in [-0.2, 0) is 0 Å². The van der Waals surface area contributed by atoms with Gasteiger partial charge in [-0.15, -0.1) is 0 Å². The van der Waals surface area contributed by atoms with Gasteiger partial charge in [0.2, 0.25) is 5.75 Å². The molecule has 1 aromatic rings. The first kappa shape index (κ1) is 14.8. The van der Waals surface area contributed by atoms with Crippen LogP contribution >= 0.6 is 11.6 Å². The molecule has 0 spiro atoms. The molecular weight excluding hydrogens is 254 g/mol. The number of hydrogen-bond acceptors (Lipinski definition) is 4. The maximum absolute atomic E-state index is 6.20. The van der Waals surface area contributed by atoms with E-state index >= 15 is 0 Å². The lowest BCUT2D eigenvalue weighted by atomic mass is 10.2. The summed E-state index contributed by atoms with van der Waals surface area (Å²) < 4.78 is 16.8. The van der Waals surface area contributed by atoms with Gasteiger partial charge in [-0.05, 0) is 26.8 Å². The van der Waals surface area contributed by atoms with E-state index in [1.165, 1.54) is 0 Å². The Kier molecular flexibility index (Phi) is 5.92. The van der Waals surface area contributed by atoms with Crippen LogP contribution in [0.15, 0.2) is 6.07 Å². The number of halogens is 1. The molecule has 0 radical (unpaired) electrons. The second-order valence-electron chi connectivity index (χ2n) is 3.44. The Morgan fingerprint density at radius 3 is 1.94 bits per heavy atom. The topological polar surface area (TPSA) is 39.7 Å². The van der Waals surface area contributed by atoms with Crippen molar-refractivity contribution < 1.29 is 14.2 Å². The minimum atomic E-state index is 0.508. The summed E-state index contributed by atoms with van der Waals surface area (Å²) in [4.78, 5) is 0. The molecule has 0 aliphatic rings. The molecule has 0 aliphatic carbocycles. The van der Waals surface area contributed by atoms with Gasteiger partial charge in [0, 0.05) is 7.05 Å². The molecule has 0 atom stereocenters. The van der Waals surface area contributed by atoms with Gasteiger partial charge in [-0.1, -0.05) is 11.6 Å². The predicted octanol–water partition coefficient (Wildman–Crippen LogP) is 3.58. The molecule has 18 heavy (non-hydrogen) atoms. The molecule has 1 aromatic carbocycles. The number of rotatable bonds is 7. The lowest BCUT2D eigenvalue weighted by molar-refractivity contribution is 0.262. The first-order valence-corrected chi connectivity index (χ1v) is 6.49. The fourth-order valence-corrected chi connectivity index (χ4v) is 1.87. The van der Waals surface area contributed by atoms with E-state index in [0.29, 0.717) is 42.1 Å². The number of benzene rings is 1. The molecule has 1 rings (SSSR count). The van der Waals surface area contributed by atoms with Gasteiger partial charge in [0.15, 0.2) is 11.5 Å². The smallest absolute Gasteiger partial charge is 0.207 e. The van der Waals surface area contributed by atoms with Gasteiger partial charge < -0.3 is 19.5 Å². The zero-order valence-corrected chi connectivity index (χ0v) is 12.1. The van der Waals surface area contributed by atoms with E-state index in [1.807, 2.05) is 27.8 Å². The van der Waals surface area contributed by atoms with Crippen LogP contribution in [0.5, 0.6) is 17.2 Å². The largest absolute Gasteiger partial charge is 0.488 e. The van der Waals surface area contributed by atoms with E-state index in [-0.39, 0.29) is 0 Å². The summed E-state index contributed by atoms with van der Waals surface area (Å²) in [5, 5.41) is 3.55. The molecular formula is C13H20ClNO3. The third kappa shape index (κ3) is 3.13. The first-order valence-electron chi connectivity index (χ1n) is 6.12. The third-order valence-corrected chi connectivity index (χ3v) is 2.56. The Morgan fingerprint density at radius 1 is 0.944 bits per heavy atom. The van der Waals surface area contributed by atoms with Gasteiger partial charge in [0.25, 0.3) is 0 Å². The summed E-state index contributed by atoms with van der Waals surface area (Å²) >= 11 is 6.20. The highest BCUT2D eigenvalue weighted by atomic mass is 35.5. The molecule has 0 amide bonds. The summed E-state index contributed by atoms with van der Waals surface area (Å²) in [5.74, 6) is 1.72. The minimum absolute atomic E-state index is 0.508. The van der Waals surface area contributed by atoms with E-state index in [4.69, 9.17) is 25.8 Å². The molecule has 0 saturated heterocycles. The van der Waals surface area contributed by atoms with Gasteiger partial charge in [-0.2, -0.15) is 0 Å².